The molecule has 0 aliphatic carbocycles. The van der Waals surface area contributed by atoms with Crippen LogP contribution in [0.25, 0.3) is 10.9 Å². The number of rotatable bonds is 5. The molecular weight excluding hydrogens is 416 g/mol. The van der Waals surface area contributed by atoms with E-state index in [-0.39, 0.29) is 11.4 Å². The molecule has 5 rings (SSSR count). The van der Waals surface area contributed by atoms with E-state index in [0.29, 0.717) is 16.0 Å². The second kappa shape index (κ2) is 7.89. The van der Waals surface area contributed by atoms with Gasteiger partial charge in [0.1, 0.15) is 0 Å². The fraction of sp³-hybridized carbons (Fsp3) is 0.190. The Kier molecular flexibility index (Phi) is 4.92. The van der Waals surface area contributed by atoms with E-state index in [1.54, 1.807) is 6.07 Å². The zero-order chi connectivity index (χ0) is 21.4. The first-order valence-corrected chi connectivity index (χ1v) is 10.6. The Morgan fingerprint density at radius 1 is 1.26 bits per heavy atom. The Labute approximate surface area is 180 Å². The molecular formula is C21H18N6O3S. The standard InChI is InChI=1S/C21H18N6O3S/c28-20(19-15-10-14(27(29)30)6-7-16(15)24-25-19)23-21-22-17-8-9-26(12-18(17)31-21)11-13-4-2-1-3-5-13/h1-7,10H,8-9,11-12H2,(H,24,25)(H,22,23,28). The van der Waals surface area contributed by atoms with Crippen LogP contribution in [0.1, 0.15) is 26.6 Å². The summed E-state index contributed by atoms with van der Waals surface area (Å²) in [5.41, 5.74) is 2.85. The normalized spacial score (nSPS) is 13.8. The quantitative estimate of drug-likeness (QED) is 0.365. The first-order chi connectivity index (χ1) is 15.1. The monoisotopic (exact) mass is 434 g/mol. The van der Waals surface area contributed by atoms with Crippen LogP contribution in [-0.2, 0) is 19.5 Å². The lowest BCUT2D eigenvalue weighted by atomic mass is 10.1. The number of nitro groups is 1. The second-order valence-corrected chi connectivity index (χ2v) is 8.43. The molecule has 0 bridgehead atoms. The molecule has 0 spiro atoms. The highest BCUT2D eigenvalue weighted by Crippen LogP contribution is 2.30. The molecule has 0 atom stereocenters. The molecule has 1 aliphatic rings. The summed E-state index contributed by atoms with van der Waals surface area (Å²) in [6, 6.07) is 14.6. The van der Waals surface area contributed by atoms with E-state index >= 15 is 0 Å². The number of carbonyl (C=O) groups is 1. The van der Waals surface area contributed by atoms with Crippen molar-refractivity contribution >= 4 is 39.0 Å². The zero-order valence-corrected chi connectivity index (χ0v) is 17.2. The Hall–Kier alpha value is -3.63. The van der Waals surface area contributed by atoms with Crippen LogP contribution in [-0.4, -0.2) is 37.5 Å². The predicted octanol–water partition coefficient (Wildman–Crippen LogP) is 3.74. The number of nitro benzene ring substituents is 1. The number of H-pyrrole nitrogens is 1. The van der Waals surface area contributed by atoms with E-state index in [2.05, 4.69) is 37.5 Å². The summed E-state index contributed by atoms with van der Waals surface area (Å²) in [6.07, 6.45) is 0.825. The minimum Gasteiger partial charge on any atom is -0.296 e. The van der Waals surface area contributed by atoms with Gasteiger partial charge in [-0.3, -0.25) is 30.2 Å². The molecule has 2 aromatic carbocycles. The summed E-state index contributed by atoms with van der Waals surface area (Å²) in [4.78, 5) is 31.4. The fourth-order valence-electron chi connectivity index (χ4n) is 3.72. The molecule has 0 unspecified atom stereocenters. The average Bonchev–Trinajstić information content (AvgIpc) is 3.37. The number of amides is 1. The highest BCUT2D eigenvalue weighted by Gasteiger charge is 2.23. The van der Waals surface area contributed by atoms with Crippen LogP contribution in [0.2, 0.25) is 0 Å². The van der Waals surface area contributed by atoms with Gasteiger partial charge in [-0.25, -0.2) is 4.98 Å². The van der Waals surface area contributed by atoms with Gasteiger partial charge in [-0.2, -0.15) is 5.10 Å². The van der Waals surface area contributed by atoms with Crippen LogP contribution in [0.15, 0.2) is 48.5 Å². The highest BCUT2D eigenvalue weighted by molar-refractivity contribution is 7.15. The molecule has 156 valence electrons. The third-order valence-corrected chi connectivity index (χ3v) is 6.25. The minimum atomic E-state index is -0.496. The third-order valence-electron chi connectivity index (χ3n) is 5.25. The number of nitrogens with one attached hydrogen (secondary N) is 2. The van der Waals surface area contributed by atoms with Gasteiger partial charge < -0.3 is 0 Å². The molecule has 0 saturated heterocycles. The van der Waals surface area contributed by atoms with Gasteiger partial charge in [-0.1, -0.05) is 30.3 Å². The van der Waals surface area contributed by atoms with Gasteiger partial charge in [0, 0.05) is 48.5 Å². The van der Waals surface area contributed by atoms with E-state index in [4.69, 9.17) is 0 Å². The van der Waals surface area contributed by atoms with Gasteiger partial charge >= 0.3 is 0 Å². The van der Waals surface area contributed by atoms with Crippen LogP contribution in [0.5, 0.6) is 0 Å². The summed E-state index contributed by atoms with van der Waals surface area (Å²) in [6.45, 7) is 2.57. The Bertz CT molecular complexity index is 1280. The number of carbonyl (C=O) groups excluding carboxylic acids is 1. The lowest BCUT2D eigenvalue weighted by Crippen LogP contribution is -2.29. The van der Waals surface area contributed by atoms with Crippen molar-refractivity contribution in [2.75, 3.05) is 11.9 Å². The Balaban J connectivity index is 1.32. The minimum absolute atomic E-state index is 0.0915. The molecule has 0 saturated carbocycles. The molecule has 10 heteroatoms. The van der Waals surface area contributed by atoms with Gasteiger partial charge in [0.05, 0.1) is 16.1 Å². The van der Waals surface area contributed by atoms with Gasteiger partial charge in [0.2, 0.25) is 0 Å². The Morgan fingerprint density at radius 3 is 2.90 bits per heavy atom. The number of hydrogen-bond acceptors (Lipinski definition) is 7. The lowest BCUT2D eigenvalue weighted by Gasteiger charge is -2.25. The highest BCUT2D eigenvalue weighted by atomic mass is 32.1. The molecule has 0 fully saturated rings. The van der Waals surface area contributed by atoms with E-state index in [0.717, 1.165) is 36.6 Å². The van der Waals surface area contributed by atoms with Crippen LogP contribution in [0.3, 0.4) is 0 Å². The van der Waals surface area contributed by atoms with Crippen LogP contribution >= 0.6 is 11.3 Å². The molecule has 4 aromatic rings. The van der Waals surface area contributed by atoms with Gasteiger partial charge in [-0.05, 0) is 11.6 Å². The first kappa shape index (κ1) is 19.3. The maximum absolute atomic E-state index is 12.8. The number of benzene rings is 2. The zero-order valence-electron chi connectivity index (χ0n) is 16.4. The molecule has 1 amide bonds. The molecule has 31 heavy (non-hydrogen) atoms. The molecule has 0 radical (unpaired) electrons. The number of nitrogens with zero attached hydrogens (tertiary/aromatic N) is 4. The van der Waals surface area contributed by atoms with Crippen molar-refractivity contribution in [1.82, 2.24) is 20.1 Å². The van der Waals surface area contributed by atoms with Crippen molar-refractivity contribution in [3.05, 3.63) is 80.5 Å². The van der Waals surface area contributed by atoms with Gasteiger partial charge in [0.15, 0.2) is 10.8 Å². The van der Waals surface area contributed by atoms with Gasteiger partial charge in [-0.15, -0.1) is 11.3 Å². The average molecular weight is 434 g/mol. The van der Waals surface area contributed by atoms with Crippen molar-refractivity contribution in [3.8, 4) is 0 Å². The number of anilines is 1. The topological polar surface area (TPSA) is 117 Å². The number of aromatic amines is 1. The summed E-state index contributed by atoms with van der Waals surface area (Å²) < 4.78 is 0. The van der Waals surface area contributed by atoms with Crippen molar-refractivity contribution in [1.29, 1.82) is 0 Å². The molecule has 2 N–H and O–H groups in total. The number of aromatic nitrogens is 3. The van der Waals surface area contributed by atoms with E-state index < -0.39 is 10.8 Å². The molecule has 3 heterocycles. The summed E-state index contributed by atoms with van der Waals surface area (Å²) in [5.74, 6) is -0.445. The van der Waals surface area contributed by atoms with Crippen LogP contribution in [0.4, 0.5) is 10.8 Å². The van der Waals surface area contributed by atoms with E-state index in [1.165, 1.54) is 29.0 Å². The molecule has 9 nitrogen and oxygen atoms in total. The number of hydrogen-bond donors (Lipinski definition) is 2. The number of non-ortho nitro benzene ring substituents is 1. The predicted molar refractivity (Wildman–Crippen MR) is 117 cm³/mol. The molecule has 1 aliphatic heterocycles. The first-order valence-electron chi connectivity index (χ1n) is 9.75. The van der Waals surface area contributed by atoms with Crippen molar-refractivity contribution in [2.45, 2.75) is 19.5 Å². The lowest BCUT2D eigenvalue weighted by molar-refractivity contribution is -0.384. The van der Waals surface area contributed by atoms with Crippen LogP contribution in [0, 0.1) is 10.1 Å². The number of thiazole rings is 1. The van der Waals surface area contributed by atoms with Crippen molar-refractivity contribution in [3.63, 3.8) is 0 Å². The largest absolute Gasteiger partial charge is 0.296 e. The van der Waals surface area contributed by atoms with Crippen molar-refractivity contribution in [2.24, 2.45) is 0 Å². The summed E-state index contributed by atoms with van der Waals surface area (Å²) >= 11 is 1.46. The molecule has 2 aromatic heterocycles. The maximum Gasteiger partial charge on any atom is 0.278 e. The third kappa shape index (κ3) is 3.90. The SMILES string of the molecule is O=C(Nc1nc2c(s1)CN(Cc1ccccc1)CC2)c1n[nH]c2ccc([N+](=O)[O-])cc12. The fourth-order valence-corrected chi connectivity index (χ4v) is 4.77. The number of fused-ring (bicyclic) bond motifs is 2. The van der Waals surface area contributed by atoms with Crippen LogP contribution < -0.4 is 5.32 Å². The second-order valence-electron chi connectivity index (χ2n) is 7.35. The smallest absolute Gasteiger partial charge is 0.278 e. The van der Waals surface area contributed by atoms with E-state index in [9.17, 15) is 14.9 Å². The Morgan fingerprint density at radius 2 is 2.10 bits per heavy atom. The van der Waals surface area contributed by atoms with Crippen molar-refractivity contribution < 1.29 is 9.72 Å². The maximum atomic E-state index is 12.8. The van der Waals surface area contributed by atoms with E-state index in [1.807, 2.05) is 18.2 Å². The summed E-state index contributed by atoms with van der Waals surface area (Å²) in [7, 11) is 0. The van der Waals surface area contributed by atoms with Gasteiger partial charge in [0.25, 0.3) is 11.6 Å². The summed E-state index contributed by atoms with van der Waals surface area (Å²) in [5, 5.41) is 21.6.